The Hall–Kier alpha value is -2.47. The Morgan fingerprint density at radius 2 is 1.68 bits per heavy atom. The van der Waals surface area contributed by atoms with Crippen LogP contribution in [0.3, 0.4) is 0 Å². The molecular weight excluding hydrogens is 434 g/mol. The zero-order valence-electron chi connectivity index (χ0n) is 20.4. The molecule has 0 aromatic heterocycles. The van der Waals surface area contributed by atoms with Crippen LogP contribution in [0.25, 0.3) is 11.1 Å². The van der Waals surface area contributed by atoms with Crippen LogP contribution in [0.4, 0.5) is 8.78 Å². The average molecular weight is 471 g/mol. The van der Waals surface area contributed by atoms with Crippen molar-refractivity contribution in [3.63, 3.8) is 0 Å². The van der Waals surface area contributed by atoms with Crippen LogP contribution in [0.5, 0.6) is 5.75 Å². The Balaban J connectivity index is 1.30. The third-order valence-corrected chi connectivity index (χ3v) is 6.82. The summed E-state index contributed by atoms with van der Waals surface area (Å²) >= 11 is 0. The Morgan fingerprint density at radius 1 is 1.00 bits per heavy atom. The van der Waals surface area contributed by atoms with E-state index in [0.717, 1.165) is 69.6 Å². The van der Waals surface area contributed by atoms with Gasteiger partial charge in [-0.25, -0.2) is 8.78 Å². The van der Waals surface area contributed by atoms with Crippen LogP contribution in [0.1, 0.15) is 56.3 Å². The minimum atomic E-state index is -1.16. The molecule has 2 aromatic rings. The number of nitrogens with zero attached hydrogens (tertiary/aromatic N) is 2. The van der Waals surface area contributed by atoms with Crippen molar-refractivity contribution in [2.24, 2.45) is 5.92 Å². The topological polar surface area (TPSA) is 32.8 Å². The van der Waals surface area contributed by atoms with E-state index in [1.54, 1.807) is 26.0 Å². The monoisotopic (exact) mass is 470 g/mol. The highest BCUT2D eigenvalue weighted by Crippen LogP contribution is 2.27. The number of carbonyl (C=O) groups is 1. The second-order valence-electron chi connectivity index (χ2n) is 10.3. The molecule has 0 atom stereocenters. The van der Waals surface area contributed by atoms with E-state index in [2.05, 4.69) is 4.90 Å². The van der Waals surface area contributed by atoms with Crippen molar-refractivity contribution in [2.45, 2.75) is 51.6 Å². The van der Waals surface area contributed by atoms with Gasteiger partial charge in [0.05, 0.1) is 6.61 Å². The van der Waals surface area contributed by atoms with E-state index < -0.39 is 5.67 Å². The fourth-order valence-electron chi connectivity index (χ4n) is 4.95. The maximum Gasteiger partial charge on any atom is 0.253 e. The normalized spacial score (nSPS) is 18.2. The molecule has 0 aliphatic carbocycles. The van der Waals surface area contributed by atoms with Crippen LogP contribution in [0.15, 0.2) is 42.5 Å². The lowest BCUT2D eigenvalue weighted by Gasteiger charge is -2.34. The first-order valence-corrected chi connectivity index (χ1v) is 12.5. The summed E-state index contributed by atoms with van der Waals surface area (Å²) in [7, 11) is 0. The molecule has 2 aliphatic heterocycles. The van der Waals surface area contributed by atoms with Gasteiger partial charge in [0.15, 0.2) is 0 Å². The first kappa shape index (κ1) is 24.6. The van der Waals surface area contributed by atoms with Gasteiger partial charge in [-0.1, -0.05) is 18.2 Å². The number of alkyl halides is 1. The third kappa shape index (κ3) is 6.56. The summed E-state index contributed by atoms with van der Waals surface area (Å²) in [5.41, 5.74) is 0.478. The molecule has 0 unspecified atom stereocenters. The van der Waals surface area contributed by atoms with Crippen LogP contribution in [0.2, 0.25) is 0 Å². The number of halogens is 2. The average Bonchev–Trinajstić information content (AvgIpc) is 2.83. The largest absolute Gasteiger partial charge is 0.493 e. The highest BCUT2D eigenvalue weighted by molar-refractivity contribution is 5.94. The van der Waals surface area contributed by atoms with E-state index in [4.69, 9.17) is 4.74 Å². The Morgan fingerprint density at radius 3 is 2.29 bits per heavy atom. The second-order valence-corrected chi connectivity index (χ2v) is 10.3. The van der Waals surface area contributed by atoms with E-state index in [9.17, 15) is 13.6 Å². The summed E-state index contributed by atoms with van der Waals surface area (Å²) < 4.78 is 34.7. The van der Waals surface area contributed by atoms with E-state index in [-0.39, 0.29) is 11.7 Å². The fraction of sp³-hybridized carbons (Fsp3) is 0.536. The quantitative estimate of drug-likeness (QED) is 0.501. The van der Waals surface area contributed by atoms with Crippen molar-refractivity contribution >= 4 is 5.91 Å². The molecule has 2 aliphatic rings. The van der Waals surface area contributed by atoms with Gasteiger partial charge in [0.25, 0.3) is 5.91 Å². The molecule has 1 amide bonds. The number of hydrogen-bond acceptors (Lipinski definition) is 3. The number of carbonyl (C=O) groups excluding carboxylic acids is 1. The summed E-state index contributed by atoms with van der Waals surface area (Å²) in [6.07, 6.45) is 5.17. The minimum absolute atomic E-state index is 0.0897. The molecule has 4 rings (SSSR count). The molecule has 2 saturated heterocycles. The zero-order chi connectivity index (χ0) is 24.1. The number of benzene rings is 2. The second kappa shape index (κ2) is 10.9. The van der Waals surface area contributed by atoms with Crippen LogP contribution < -0.4 is 4.74 Å². The Bertz CT molecular complexity index is 957. The summed E-state index contributed by atoms with van der Waals surface area (Å²) in [6.45, 7) is 7.66. The molecule has 0 saturated carbocycles. The molecule has 184 valence electrons. The molecular formula is C28H36F2N2O2. The lowest BCUT2D eigenvalue weighted by atomic mass is 9.97. The summed E-state index contributed by atoms with van der Waals surface area (Å²) in [4.78, 5) is 16.7. The van der Waals surface area contributed by atoms with Crippen molar-refractivity contribution in [1.82, 2.24) is 9.80 Å². The van der Waals surface area contributed by atoms with Crippen LogP contribution in [-0.4, -0.2) is 60.7 Å². The molecule has 34 heavy (non-hydrogen) atoms. The molecule has 0 bridgehead atoms. The molecule has 0 spiro atoms. The highest BCUT2D eigenvalue weighted by atomic mass is 19.1. The van der Waals surface area contributed by atoms with Gasteiger partial charge in [-0.05, 0) is 94.8 Å². The number of ether oxygens (including phenoxy) is 1. The molecule has 2 aromatic carbocycles. The smallest absolute Gasteiger partial charge is 0.253 e. The van der Waals surface area contributed by atoms with Gasteiger partial charge in [0, 0.05) is 30.8 Å². The fourth-order valence-corrected chi connectivity index (χ4v) is 4.95. The maximum atomic E-state index is 14.9. The van der Waals surface area contributed by atoms with E-state index in [0.29, 0.717) is 30.2 Å². The van der Waals surface area contributed by atoms with Gasteiger partial charge in [-0.15, -0.1) is 0 Å². The van der Waals surface area contributed by atoms with E-state index in [1.165, 1.54) is 6.07 Å². The van der Waals surface area contributed by atoms with Crippen LogP contribution >= 0.6 is 0 Å². The molecule has 4 nitrogen and oxygen atoms in total. The van der Waals surface area contributed by atoms with E-state index in [1.807, 2.05) is 29.2 Å². The molecule has 0 radical (unpaired) electrons. The Labute approximate surface area is 201 Å². The first-order chi connectivity index (χ1) is 16.3. The van der Waals surface area contributed by atoms with Crippen LogP contribution in [0, 0.1) is 11.7 Å². The van der Waals surface area contributed by atoms with E-state index >= 15 is 0 Å². The number of likely N-dealkylation sites (tertiary alicyclic amines) is 2. The lowest BCUT2D eigenvalue weighted by Crippen LogP contribution is -2.41. The van der Waals surface area contributed by atoms with Gasteiger partial charge in [0.1, 0.15) is 17.2 Å². The van der Waals surface area contributed by atoms with Crippen molar-refractivity contribution in [3.05, 3.63) is 53.8 Å². The summed E-state index contributed by atoms with van der Waals surface area (Å²) in [5.74, 6) is 0.738. The molecule has 6 heteroatoms. The lowest BCUT2D eigenvalue weighted by molar-refractivity contribution is 0.0723. The zero-order valence-corrected chi connectivity index (χ0v) is 20.4. The molecule has 2 fully saturated rings. The van der Waals surface area contributed by atoms with Crippen molar-refractivity contribution in [1.29, 1.82) is 0 Å². The summed E-state index contributed by atoms with van der Waals surface area (Å²) in [5, 5.41) is 0. The standard InChI is InChI=1S/C28H36F2N2O2/c1-28(2,30)20-31-16-12-21(13-17-31)19-34-24-9-6-22(7-10-24)25-11-8-23(18-26(25)29)27(33)32-14-4-3-5-15-32/h6-11,18,21H,3-5,12-17,19-20H2,1-2H3. The molecule has 2 heterocycles. The Kier molecular flexibility index (Phi) is 7.87. The van der Waals surface area contributed by atoms with Crippen molar-refractivity contribution in [3.8, 4) is 16.9 Å². The first-order valence-electron chi connectivity index (χ1n) is 12.5. The number of amides is 1. The van der Waals surface area contributed by atoms with Crippen molar-refractivity contribution in [2.75, 3.05) is 39.3 Å². The number of hydrogen-bond donors (Lipinski definition) is 0. The predicted molar refractivity (Wildman–Crippen MR) is 131 cm³/mol. The van der Waals surface area contributed by atoms with Gasteiger partial charge in [-0.2, -0.15) is 0 Å². The molecule has 0 N–H and O–H groups in total. The number of piperidine rings is 2. The minimum Gasteiger partial charge on any atom is -0.493 e. The predicted octanol–water partition coefficient (Wildman–Crippen LogP) is 5.96. The van der Waals surface area contributed by atoms with Gasteiger partial charge in [0.2, 0.25) is 0 Å². The van der Waals surface area contributed by atoms with Gasteiger partial charge >= 0.3 is 0 Å². The highest BCUT2D eigenvalue weighted by Gasteiger charge is 2.25. The van der Waals surface area contributed by atoms with Crippen LogP contribution in [-0.2, 0) is 0 Å². The van der Waals surface area contributed by atoms with Gasteiger partial charge < -0.3 is 14.5 Å². The summed E-state index contributed by atoms with van der Waals surface area (Å²) in [6, 6.07) is 12.2. The van der Waals surface area contributed by atoms with Gasteiger partial charge in [-0.3, -0.25) is 4.79 Å². The third-order valence-electron chi connectivity index (χ3n) is 6.82. The maximum absolute atomic E-state index is 14.9. The van der Waals surface area contributed by atoms with Crippen molar-refractivity contribution < 1.29 is 18.3 Å². The SMILES string of the molecule is CC(C)(F)CN1CCC(COc2ccc(-c3ccc(C(=O)N4CCCCC4)cc3F)cc2)CC1. The number of rotatable bonds is 7.